The molecule has 7 heteroatoms. The molecule has 1 rings (SSSR count). The Bertz CT molecular complexity index is 319. The Morgan fingerprint density at radius 3 is 2.58 bits per heavy atom. The van der Waals surface area contributed by atoms with Gasteiger partial charge in [0, 0.05) is 33.4 Å². The maximum absolute atomic E-state index is 12.7. The van der Waals surface area contributed by atoms with Gasteiger partial charge in [0.15, 0.2) is 0 Å². The Morgan fingerprint density at radius 1 is 1.47 bits per heavy atom. The average Bonchev–Trinajstić information content (AvgIpc) is 2.43. The number of rotatable bonds is 7. The van der Waals surface area contributed by atoms with Crippen molar-refractivity contribution in [3.05, 3.63) is 0 Å². The van der Waals surface area contributed by atoms with Gasteiger partial charge in [0.05, 0.1) is 18.2 Å². The van der Waals surface area contributed by atoms with Crippen molar-refractivity contribution in [2.75, 3.05) is 46.6 Å². The molecule has 1 heterocycles. The van der Waals surface area contributed by atoms with E-state index in [9.17, 15) is 4.79 Å². The number of amides is 1. The standard InChI is InChI=1S/C12H22N2O4S/c1-17-9-5-14(4-6-15)11(16)12(10(13)19)2-7-18-8-3-12/h15H,2-9H2,1H3,(H2,13,19). The minimum Gasteiger partial charge on any atom is -0.395 e. The van der Waals surface area contributed by atoms with Gasteiger partial charge in [-0.25, -0.2) is 0 Å². The summed E-state index contributed by atoms with van der Waals surface area (Å²) >= 11 is 5.10. The summed E-state index contributed by atoms with van der Waals surface area (Å²) in [5.41, 5.74) is 4.96. The van der Waals surface area contributed by atoms with Crippen molar-refractivity contribution in [1.82, 2.24) is 4.90 Å². The molecule has 3 N–H and O–H groups in total. The molecule has 1 aliphatic heterocycles. The Morgan fingerprint density at radius 2 is 2.11 bits per heavy atom. The molecule has 0 radical (unpaired) electrons. The van der Waals surface area contributed by atoms with Gasteiger partial charge >= 0.3 is 0 Å². The van der Waals surface area contributed by atoms with Crippen LogP contribution in [-0.4, -0.2) is 67.5 Å². The SMILES string of the molecule is COCCN(CCO)C(=O)C1(C(N)=S)CCOCC1. The second-order valence-corrected chi connectivity index (χ2v) is 5.01. The van der Waals surface area contributed by atoms with E-state index in [0.29, 0.717) is 39.2 Å². The molecule has 0 atom stereocenters. The van der Waals surface area contributed by atoms with Gasteiger partial charge in [-0.15, -0.1) is 0 Å². The number of ether oxygens (including phenoxy) is 2. The van der Waals surface area contributed by atoms with Crippen molar-refractivity contribution < 1.29 is 19.4 Å². The lowest BCUT2D eigenvalue weighted by molar-refractivity contribution is -0.143. The number of carbonyl (C=O) groups is 1. The molecule has 0 aromatic carbocycles. The molecule has 0 bridgehead atoms. The number of nitrogens with two attached hydrogens (primary N) is 1. The first-order valence-corrected chi connectivity index (χ1v) is 6.76. The van der Waals surface area contributed by atoms with E-state index in [1.165, 1.54) is 0 Å². The van der Waals surface area contributed by atoms with E-state index in [1.807, 2.05) is 0 Å². The zero-order valence-electron chi connectivity index (χ0n) is 11.3. The average molecular weight is 290 g/mol. The highest BCUT2D eigenvalue weighted by Crippen LogP contribution is 2.33. The molecule has 110 valence electrons. The van der Waals surface area contributed by atoms with Crippen LogP contribution >= 0.6 is 12.2 Å². The molecule has 0 aliphatic carbocycles. The van der Waals surface area contributed by atoms with Crippen LogP contribution in [0.2, 0.25) is 0 Å². The number of nitrogens with zero attached hydrogens (tertiary/aromatic N) is 1. The van der Waals surface area contributed by atoms with Gasteiger partial charge in [0.1, 0.15) is 5.41 Å². The van der Waals surface area contributed by atoms with Gasteiger partial charge in [-0.1, -0.05) is 12.2 Å². The number of aliphatic hydroxyl groups is 1. The van der Waals surface area contributed by atoms with Crippen LogP contribution < -0.4 is 5.73 Å². The van der Waals surface area contributed by atoms with E-state index >= 15 is 0 Å². The van der Waals surface area contributed by atoms with Gasteiger partial charge in [-0.2, -0.15) is 0 Å². The molecule has 0 aromatic rings. The fourth-order valence-corrected chi connectivity index (χ4v) is 2.52. The maximum atomic E-state index is 12.7. The lowest BCUT2D eigenvalue weighted by atomic mass is 9.78. The van der Waals surface area contributed by atoms with Crippen LogP contribution in [0.5, 0.6) is 0 Å². The first-order valence-electron chi connectivity index (χ1n) is 6.35. The van der Waals surface area contributed by atoms with Crippen molar-refractivity contribution in [1.29, 1.82) is 0 Å². The highest BCUT2D eigenvalue weighted by molar-refractivity contribution is 7.80. The molecular formula is C12H22N2O4S. The van der Waals surface area contributed by atoms with Gasteiger partial charge in [-0.05, 0) is 12.8 Å². The van der Waals surface area contributed by atoms with Gasteiger partial charge < -0.3 is 25.2 Å². The van der Waals surface area contributed by atoms with Crippen LogP contribution in [0, 0.1) is 5.41 Å². The Kier molecular flexibility index (Phi) is 6.64. The van der Waals surface area contributed by atoms with E-state index in [2.05, 4.69) is 0 Å². The van der Waals surface area contributed by atoms with Crippen molar-refractivity contribution >= 4 is 23.1 Å². The smallest absolute Gasteiger partial charge is 0.235 e. The van der Waals surface area contributed by atoms with E-state index in [-0.39, 0.29) is 24.0 Å². The molecule has 0 saturated carbocycles. The molecule has 19 heavy (non-hydrogen) atoms. The van der Waals surface area contributed by atoms with Crippen molar-refractivity contribution in [2.24, 2.45) is 11.1 Å². The summed E-state index contributed by atoms with van der Waals surface area (Å²) in [5, 5.41) is 9.08. The normalized spacial score (nSPS) is 18.0. The fraction of sp³-hybridized carbons (Fsp3) is 0.833. The third-order valence-corrected chi connectivity index (χ3v) is 3.84. The zero-order valence-corrected chi connectivity index (χ0v) is 12.1. The second-order valence-electron chi connectivity index (χ2n) is 4.57. The summed E-state index contributed by atoms with van der Waals surface area (Å²) in [5.74, 6) is -0.130. The number of hydrogen-bond donors (Lipinski definition) is 2. The Labute approximate surface area is 118 Å². The van der Waals surface area contributed by atoms with Crippen molar-refractivity contribution in [2.45, 2.75) is 12.8 Å². The maximum Gasteiger partial charge on any atom is 0.235 e. The molecular weight excluding hydrogens is 268 g/mol. The highest BCUT2D eigenvalue weighted by Gasteiger charge is 2.45. The van der Waals surface area contributed by atoms with Crippen molar-refractivity contribution in [3.8, 4) is 0 Å². The molecule has 0 spiro atoms. The van der Waals surface area contributed by atoms with E-state index in [1.54, 1.807) is 12.0 Å². The summed E-state index contributed by atoms with van der Waals surface area (Å²) in [6.07, 6.45) is 0.992. The summed E-state index contributed by atoms with van der Waals surface area (Å²) in [6, 6.07) is 0. The first kappa shape index (κ1) is 16.3. The van der Waals surface area contributed by atoms with E-state index in [4.69, 9.17) is 32.5 Å². The monoisotopic (exact) mass is 290 g/mol. The van der Waals surface area contributed by atoms with Crippen molar-refractivity contribution in [3.63, 3.8) is 0 Å². The van der Waals surface area contributed by atoms with E-state index in [0.717, 1.165) is 0 Å². The summed E-state index contributed by atoms with van der Waals surface area (Å²) in [7, 11) is 1.57. The summed E-state index contributed by atoms with van der Waals surface area (Å²) < 4.78 is 10.3. The van der Waals surface area contributed by atoms with Gasteiger partial charge in [0.25, 0.3) is 0 Å². The predicted octanol–water partition coefficient (Wildman–Crippen LogP) is -0.463. The highest BCUT2D eigenvalue weighted by atomic mass is 32.1. The Hall–Kier alpha value is -0.760. The topological polar surface area (TPSA) is 85.0 Å². The minimum absolute atomic E-state index is 0.0978. The molecule has 1 fully saturated rings. The second kappa shape index (κ2) is 7.74. The molecule has 1 saturated heterocycles. The van der Waals surface area contributed by atoms with Crippen LogP contribution in [0.15, 0.2) is 0 Å². The molecule has 0 aromatic heterocycles. The molecule has 0 unspecified atom stereocenters. The first-order chi connectivity index (χ1) is 9.08. The van der Waals surface area contributed by atoms with Crippen LogP contribution in [-0.2, 0) is 14.3 Å². The largest absolute Gasteiger partial charge is 0.395 e. The third kappa shape index (κ3) is 3.85. The number of aliphatic hydroxyl groups excluding tert-OH is 1. The molecule has 1 amide bonds. The molecule has 6 nitrogen and oxygen atoms in total. The molecule has 1 aliphatic rings. The quantitative estimate of drug-likeness (QED) is 0.617. The lowest BCUT2D eigenvalue weighted by Crippen LogP contribution is -2.54. The van der Waals surface area contributed by atoms with Crippen LogP contribution in [0.3, 0.4) is 0 Å². The predicted molar refractivity (Wildman–Crippen MR) is 74.8 cm³/mol. The van der Waals surface area contributed by atoms with Crippen LogP contribution in [0.25, 0.3) is 0 Å². The van der Waals surface area contributed by atoms with Crippen LogP contribution in [0.1, 0.15) is 12.8 Å². The minimum atomic E-state index is -0.837. The number of thiocarbonyl (C=S) groups is 1. The van der Waals surface area contributed by atoms with Gasteiger partial charge in [-0.3, -0.25) is 4.79 Å². The number of carbonyl (C=O) groups excluding carboxylic acids is 1. The van der Waals surface area contributed by atoms with Crippen LogP contribution in [0.4, 0.5) is 0 Å². The fourth-order valence-electron chi connectivity index (χ4n) is 2.23. The zero-order chi connectivity index (χ0) is 14.3. The summed E-state index contributed by atoms with van der Waals surface area (Å²) in [6.45, 7) is 1.93. The van der Waals surface area contributed by atoms with Gasteiger partial charge in [0.2, 0.25) is 5.91 Å². The lowest BCUT2D eigenvalue weighted by Gasteiger charge is -2.38. The Balaban J connectivity index is 2.86. The number of methoxy groups -OCH3 is 1. The summed E-state index contributed by atoms with van der Waals surface area (Å²) in [4.78, 5) is 14.5. The third-order valence-electron chi connectivity index (χ3n) is 3.45. The number of hydrogen-bond acceptors (Lipinski definition) is 5. The van der Waals surface area contributed by atoms with E-state index < -0.39 is 5.41 Å².